The van der Waals surface area contributed by atoms with E-state index >= 15 is 0 Å². The van der Waals surface area contributed by atoms with Crippen LogP contribution in [-0.2, 0) is 6.54 Å². The zero-order chi connectivity index (χ0) is 14.1. The molecule has 2 aromatic heterocycles. The Labute approximate surface area is 122 Å². The highest BCUT2D eigenvalue weighted by Crippen LogP contribution is 2.24. The van der Waals surface area contributed by atoms with E-state index in [1.165, 1.54) is 0 Å². The lowest BCUT2D eigenvalue weighted by Gasteiger charge is -2.05. The van der Waals surface area contributed by atoms with Crippen molar-refractivity contribution in [2.24, 2.45) is 0 Å². The highest BCUT2D eigenvalue weighted by Gasteiger charge is 2.15. The minimum Gasteiger partial charge on any atom is -0.331 e. The number of imidazole rings is 1. The van der Waals surface area contributed by atoms with Crippen molar-refractivity contribution in [3.63, 3.8) is 0 Å². The molecule has 102 valence electrons. The summed E-state index contributed by atoms with van der Waals surface area (Å²) >= 11 is 6.50. The SMILES string of the molecule is Cc1nn(-c2ccccc2)c(Cl)c1Cn1ccnc1C. The van der Waals surface area contributed by atoms with E-state index in [2.05, 4.69) is 14.6 Å². The van der Waals surface area contributed by atoms with Crippen molar-refractivity contribution in [2.45, 2.75) is 20.4 Å². The molecule has 0 saturated heterocycles. The van der Waals surface area contributed by atoms with Gasteiger partial charge in [-0.3, -0.25) is 0 Å². The molecule has 0 aliphatic heterocycles. The molecule has 3 aromatic rings. The first-order valence-electron chi connectivity index (χ1n) is 6.44. The molecule has 3 rings (SSSR count). The predicted molar refractivity (Wildman–Crippen MR) is 79.4 cm³/mol. The second kappa shape index (κ2) is 5.13. The quantitative estimate of drug-likeness (QED) is 0.740. The summed E-state index contributed by atoms with van der Waals surface area (Å²) in [4.78, 5) is 4.23. The second-order valence-electron chi connectivity index (χ2n) is 4.70. The average molecular weight is 287 g/mol. The lowest BCUT2D eigenvalue weighted by atomic mass is 10.2. The molecule has 1 aromatic carbocycles. The number of hydrogen-bond acceptors (Lipinski definition) is 2. The highest BCUT2D eigenvalue weighted by molar-refractivity contribution is 6.30. The smallest absolute Gasteiger partial charge is 0.138 e. The highest BCUT2D eigenvalue weighted by atomic mass is 35.5. The maximum atomic E-state index is 6.50. The lowest BCUT2D eigenvalue weighted by Crippen LogP contribution is -2.02. The van der Waals surface area contributed by atoms with E-state index in [9.17, 15) is 0 Å². The van der Waals surface area contributed by atoms with Gasteiger partial charge in [-0.05, 0) is 26.0 Å². The Balaban J connectivity index is 2.01. The number of aromatic nitrogens is 4. The van der Waals surface area contributed by atoms with Gasteiger partial charge >= 0.3 is 0 Å². The van der Waals surface area contributed by atoms with Crippen LogP contribution in [0.3, 0.4) is 0 Å². The molecule has 0 atom stereocenters. The minimum atomic E-state index is 0.654. The first-order chi connectivity index (χ1) is 9.66. The van der Waals surface area contributed by atoms with Crippen molar-refractivity contribution in [1.82, 2.24) is 19.3 Å². The normalized spacial score (nSPS) is 10.9. The third kappa shape index (κ3) is 2.23. The van der Waals surface area contributed by atoms with Crippen LogP contribution >= 0.6 is 11.6 Å². The summed E-state index contributed by atoms with van der Waals surface area (Å²) < 4.78 is 3.84. The number of hydrogen-bond donors (Lipinski definition) is 0. The molecular weight excluding hydrogens is 272 g/mol. The third-order valence-corrected chi connectivity index (χ3v) is 3.76. The maximum Gasteiger partial charge on any atom is 0.138 e. The van der Waals surface area contributed by atoms with Crippen LogP contribution < -0.4 is 0 Å². The number of aryl methyl sites for hydroxylation is 2. The number of halogens is 1. The Morgan fingerprint density at radius 2 is 1.90 bits per heavy atom. The second-order valence-corrected chi connectivity index (χ2v) is 5.06. The molecule has 0 amide bonds. The van der Waals surface area contributed by atoms with Crippen LogP contribution in [0.4, 0.5) is 0 Å². The molecule has 0 spiro atoms. The van der Waals surface area contributed by atoms with Gasteiger partial charge in [0.15, 0.2) is 0 Å². The third-order valence-electron chi connectivity index (χ3n) is 3.37. The minimum absolute atomic E-state index is 0.654. The van der Waals surface area contributed by atoms with Crippen LogP contribution in [0.2, 0.25) is 5.15 Å². The summed E-state index contributed by atoms with van der Waals surface area (Å²) in [5.74, 6) is 0.966. The van der Waals surface area contributed by atoms with Crippen molar-refractivity contribution < 1.29 is 0 Å². The fourth-order valence-corrected chi connectivity index (χ4v) is 2.52. The Morgan fingerprint density at radius 1 is 1.15 bits per heavy atom. The van der Waals surface area contributed by atoms with Crippen LogP contribution in [0.25, 0.3) is 5.69 Å². The van der Waals surface area contributed by atoms with Gasteiger partial charge in [0.1, 0.15) is 11.0 Å². The largest absolute Gasteiger partial charge is 0.331 e. The monoisotopic (exact) mass is 286 g/mol. The Kier molecular flexibility index (Phi) is 3.32. The molecule has 0 aliphatic rings. The van der Waals surface area contributed by atoms with E-state index in [-0.39, 0.29) is 0 Å². The standard InChI is InChI=1S/C15H15ClN4/c1-11-14(10-19-9-8-17-12(19)2)15(16)20(18-11)13-6-4-3-5-7-13/h3-9H,10H2,1-2H3. The summed E-state index contributed by atoms with van der Waals surface area (Å²) in [5.41, 5.74) is 2.93. The zero-order valence-corrected chi connectivity index (χ0v) is 12.2. The summed E-state index contributed by atoms with van der Waals surface area (Å²) in [6, 6.07) is 9.91. The first-order valence-corrected chi connectivity index (χ1v) is 6.82. The van der Waals surface area contributed by atoms with Crippen molar-refractivity contribution >= 4 is 11.6 Å². The molecule has 0 aliphatic carbocycles. The van der Waals surface area contributed by atoms with Crippen molar-refractivity contribution in [3.8, 4) is 5.69 Å². The molecule has 4 nitrogen and oxygen atoms in total. The van der Waals surface area contributed by atoms with Gasteiger partial charge in [-0.25, -0.2) is 9.67 Å². The van der Waals surface area contributed by atoms with Gasteiger partial charge in [0.05, 0.1) is 17.9 Å². The van der Waals surface area contributed by atoms with Crippen LogP contribution in [0.1, 0.15) is 17.1 Å². The van der Waals surface area contributed by atoms with E-state index in [4.69, 9.17) is 11.6 Å². The fraction of sp³-hybridized carbons (Fsp3) is 0.200. The van der Waals surface area contributed by atoms with E-state index in [1.54, 1.807) is 10.9 Å². The molecule has 0 unspecified atom stereocenters. The van der Waals surface area contributed by atoms with Crippen LogP contribution in [-0.4, -0.2) is 19.3 Å². The molecule has 0 bridgehead atoms. The summed E-state index contributed by atoms with van der Waals surface area (Å²) in [6.45, 7) is 4.64. The summed E-state index contributed by atoms with van der Waals surface area (Å²) in [5, 5.41) is 5.20. The van der Waals surface area contributed by atoms with E-state index < -0.39 is 0 Å². The molecule has 0 fully saturated rings. The number of nitrogens with zero attached hydrogens (tertiary/aromatic N) is 4. The predicted octanol–water partition coefficient (Wildman–Crippen LogP) is 3.39. The zero-order valence-electron chi connectivity index (χ0n) is 11.4. The molecular formula is C15H15ClN4. The van der Waals surface area contributed by atoms with Crippen LogP contribution in [0, 0.1) is 13.8 Å². The summed E-state index contributed by atoms with van der Waals surface area (Å²) in [6.07, 6.45) is 3.74. The van der Waals surface area contributed by atoms with Gasteiger partial charge in [-0.15, -0.1) is 0 Å². The Hall–Kier alpha value is -2.07. The van der Waals surface area contributed by atoms with Gasteiger partial charge in [-0.1, -0.05) is 29.8 Å². The molecule has 2 heterocycles. The van der Waals surface area contributed by atoms with E-state index in [0.29, 0.717) is 11.7 Å². The van der Waals surface area contributed by atoms with Crippen molar-refractivity contribution in [3.05, 3.63) is 65.0 Å². The van der Waals surface area contributed by atoms with Gasteiger partial charge < -0.3 is 4.57 Å². The van der Waals surface area contributed by atoms with Gasteiger partial charge in [0.2, 0.25) is 0 Å². The van der Waals surface area contributed by atoms with E-state index in [1.807, 2.05) is 50.4 Å². The Bertz CT molecular complexity index is 728. The molecule has 20 heavy (non-hydrogen) atoms. The number of para-hydroxylation sites is 1. The average Bonchev–Trinajstić information content (AvgIpc) is 2.98. The van der Waals surface area contributed by atoms with Gasteiger partial charge in [0, 0.05) is 18.0 Å². The molecule has 0 saturated carbocycles. The fourth-order valence-electron chi connectivity index (χ4n) is 2.19. The van der Waals surface area contributed by atoms with Gasteiger partial charge in [0.25, 0.3) is 0 Å². The van der Waals surface area contributed by atoms with Crippen LogP contribution in [0.15, 0.2) is 42.7 Å². The first kappa shape index (κ1) is 12.9. The van der Waals surface area contributed by atoms with Crippen LogP contribution in [0.5, 0.6) is 0 Å². The maximum absolute atomic E-state index is 6.50. The summed E-state index contributed by atoms with van der Waals surface area (Å²) in [7, 11) is 0. The number of benzene rings is 1. The van der Waals surface area contributed by atoms with Gasteiger partial charge in [-0.2, -0.15) is 5.10 Å². The topological polar surface area (TPSA) is 35.6 Å². The lowest BCUT2D eigenvalue weighted by molar-refractivity contribution is 0.758. The molecule has 0 radical (unpaired) electrons. The number of rotatable bonds is 3. The van der Waals surface area contributed by atoms with Crippen molar-refractivity contribution in [2.75, 3.05) is 0 Å². The Morgan fingerprint density at radius 3 is 2.55 bits per heavy atom. The molecule has 5 heteroatoms. The van der Waals surface area contributed by atoms with E-state index in [0.717, 1.165) is 22.8 Å². The van der Waals surface area contributed by atoms with Crippen molar-refractivity contribution in [1.29, 1.82) is 0 Å². The molecule has 0 N–H and O–H groups in total.